The standard InChI is InChI=1S/C11H8BrClFNO/c12-9-5-7(1-3-10(9)14)15-6-8-2-4-11(13)16-8/h1-5,15H,6H2. The van der Waals surface area contributed by atoms with Gasteiger partial charge in [0.2, 0.25) is 0 Å². The lowest BCUT2D eigenvalue weighted by atomic mass is 10.3. The van der Waals surface area contributed by atoms with Crippen LogP contribution in [0.15, 0.2) is 39.2 Å². The molecule has 0 spiro atoms. The third kappa shape index (κ3) is 2.77. The van der Waals surface area contributed by atoms with E-state index >= 15 is 0 Å². The maximum Gasteiger partial charge on any atom is 0.193 e. The predicted molar refractivity (Wildman–Crippen MR) is 65.1 cm³/mol. The highest BCUT2D eigenvalue weighted by Gasteiger charge is 2.02. The zero-order valence-electron chi connectivity index (χ0n) is 8.14. The van der Waals surface area contributed by atoms with Gasteiger partial charge in [0.1, 0.15) is 11.6 Å². The van der Waals surface area contributed by atoms with Crippen LogP contribution in [0.4, 0.5) is 10.1 Å². The Kier molecular flexibility index (Phi) is 3.51. The van der Waals surface area contributed by atoms with Gasteiger partial charge in [-0.3, -0.25) is 0 Å². The highest BCUT2D eigenvalue weighted by atomic mass is 79.9. The van der Waals surface area contributed by atoms with Gasteiger partial charge in [0.15, 0.2) is 5.22 Å². The van der Waals surface area contributed by atoms with E-state index in [2.05, 4.69) is 21.2 Å². The lowest BCUT2D eigenvalue weighted by Crippen LogP contribution is -1.98. The number of anilines is 1. The average Bonchev–Trinajstić information content (AvgIpc) is 2.66. The van der Waals surface area contributed by atoms with Gasteiger partial charge in [0, 0.05) is 5.69 Å². The molecule has 1 aromatic carbocycles. The first-order valence-corrected chi connectivity index (χ1v) is 5.75. The fourth-order valence-electron chi connectivity index (χ4n) is 1.24. The molecule has 0 amide bonds. The molecule has 0 aliphatic carbocycles. The maximum atomic E-state index is 13.0. The van der Waals surface area contributed by atoms with E-state index in [1.807, 2.05) is 0 Å². The Morgan fingerprint density at radius 3 is 2.75 bits per heavy atom. The fraction of sp³-hybridized carbons (Fsp3) is 0.0909. The molecule has 2 rings (SSSR count). The van der Waals surface area contributed by atoms with Crippen molar-refractivity contribution in [2.45, 2.75) is 6.54 Å². The molecule has 1 N–H and O–H groups in total. The van der Waals surface area contributed by atoms with Gasteiger partial charge < -0.3 is 9.73 Å². The second-order valence-corrected chi connectivity index (χ2v) is 4.42. The third-order valence-corrected chi connectivity index (χ3v) is 2.83. The molecule has 0 bridgehead atoms. The molecule has 0 aliphatic heterocycles. The topological polar surface area (TPSA) is 25.2 Å². The highest BCUT2D eigenvalue weighted by Crippen LogP contribution is 2.21. The number of hydrogen-bond donors (Lipinski definition) is 1. The van der Waals surface area contributed by atoms with Gasteiger partial charge in [-0.15, -0.1) is 0 Å². The van der Waals surface area contributed by atoms with Crippen molar-refractivity contribution in [2.75, 3.05) is 5.32 Å². The van der Waals surface area contributed by atoms with E-state index < -0.39 is 0 Å². The molecule has 0 radical (unpaired) electrons. The predicted octanol–water partition coefficient (Wildman–Crippen LogP) is 4.45. The van der Waals surface area contributed by atoms with Crippen molar-refractivity contribution < 1.29 is 8.81 Å². The Hall–Kier alpha value is -1.00. The summed E-state index contributed by atoms with van der Waals surface area (Å²) >= 11 is 8.75. The van der Waals surface area contributed by atoms with E-state index in [-0.39, 0.29) is 5.82 Å². The molecule has 0 saturated carbocycles. The Morgan fingerprint density at radius 1 is 1.31 bits per heavy atom. The molecular formula is C11H8BrClFNO. The van der Waals surface area contributed by atoms with E-state index in [1.54, 1.807) is 24.3 Å². The molecule has 2 aromatic rings. The van der Waals surface area contributed by atoms with Gasteiger partial charge in [-0.25, -0.2) is 4.39 Å². The number of nitrogens with one attached hydrogen (secondary N) is 1. The van der Waals surface area contributed by atoms with E-state index in [1.165, 1.54) is 6.07 Å². The zero-order valence-corrected chi connectivity index (χ0v) is 10.5. The van der Waals surface area contributed by atoms with Gasteiger partial charge >= 0.3 is 0 Å². The summed E-state index contributed by atoms with van der Waals surface area (Å²) in [7, 11) is 0. The summed E-state index contributed by atoms with van der Waals surface area (Å²) in [4.78, 5) is 0. The Bertz CT molecular complexity index is 500. The van der Waals surface area contributed by atoms with Gasteiger partial charge in [-0.2, -0.15) is 0 Å². The fourth-order valence-corrected chi connectivity index (χ4v) is 1.78. The Morgan fingerprint density at radius 2 is 2.12 bits per heavy atom. The van der Waals surface area contributed by atoms with Crippen LogP contribution in [0.3, 0.4) is 0 Å². The minimum absolute atomic E-state index is 0.286. The third-order valence-electron chi connectivity index (χ3n) is 2.02. The SMILES string of the molecule is Fc1ccc(NCc2ccc(Cl)o2)cc1Br. The van der Waals surface area contributed by atoms with E-state index in [0.29, 0.717) is 16.2 Å². The maximum absolute atomic E-state index is 13.0. The first-order chi connectivity index (χ1) is 7.65. The lowest BCUT2D eigenvalue weighted by molar-refractivity contribution is 0.520. The molecule has 0 unspecified atom stereocenters. The van der Waals surface area contributed by atoms with Crippen molar-refractivity contribution in [2.24, 2.45) is 0 Å². The summed E-state index contributed by atoms with van der Waals surface area (Å²) in [6.07, 6.45) is 0. The van der Waals surface area contributed by atoms with Crippen molar-refractivity contribution in [1.29, 1.82) is 0 Å². The summed E-state index contributed by atoms with van der Waals surface area (Å²) in [5, 5.41) is 3.45. The quantitative estimate of drug-likeness (QED) is 0.906. The Balaban J connectivity index is 2.02. The van der Waals surface area contributed by atoms with Crippen LogP contribution in [0.25, 0.3) is 0 Å². The van der Waals surface area contributed by atoms with Gasteiger partial charge in [-0.1, -0.05) is 0 Å². The molecule has 1 heterocycles. The van der Waals surface area contributed by atoms with Crippen molar-refractivity contribution in [3.63, 3.8) is 0 Å². The molecule has 0 atom stereocenters. The number of benzene rings is 1. The summed E-state index contributed by atoms with van der Waals surface area (Å²) in [6.45, 7) is 0.505. The van der Waals surface area contributed by atoms with E-state index in [0.717, 1.165) is 11.4 Å². The molecular weight excluding hydrogens is 296 g/mol. The van der Waals surface area contributed by atoms with Crippen LogP contribution in [0.1, 0.15) is 5.76 Å². The van der Waals surface area contributed by atoms with Crippen LogP contribution in [-0.4, -0.2) is 0 Å². The van der Waals surface area contributed by atoms with Crippen LogP contribution in [0.2, 0.25) is 5.22 Å². The highest BCUT2D eigenvalue weighted by molar-refractivity contribution is 9.10. The molecule has 2 nitrogen and oxygen atoms in total. The largest absolute Gasteiger partial charge is 0.448 e. The first kappa shape index (κ1) is 11.5. The molecule has 84 valence electrons. The first-order valence-electron chi connectivity index (χ1n) is 4.58. The molecule has 0 fully saturated rings. The monoisotopic (exact) mass is 303 g/mol. The van der Waals surface area contributed by atoms with Crippen LogP contribution >= 0.6 is 27.5 Å². The second-order valence-electron chi connectivity index (χ2n) is 3.19. The van der Waals surface area contributed by atoms with Crippen LogP contribution in [0.5, 0.6) is 0 Å². The van der Waals surface area contributed by atoms with Gasteiger partial charge in [0.05, 0.1) is 11.0 Å². The Labute approximate surface area is 106 Å². The van der Waals surface area contributed by atoms with Crippen molar-refractivity contribution in [1.82, 2.24) is 0 Å². The summed E-state index contributed by atoms with van der Waals surface area (Å²) in [6, 6.07) is 8.18. The number of halogens is 3. The van der Waals surface area contributed by atoms with Gasteiger partial charge in [-0.05, 0) is 57.9 Å². The lowest BCUT2D eigenvalue weighted by Gasteiger charge is -2.05. The molecule has 16 heavy (non-hydrogen) atoms. The molecule has 1 aromatic heterocycles. The molecule has 0 saturated heterocycles. The normalized spacial score (nSPS) is 10.4. The zero-order chi connectivity index (χ0) is 11.5. The number of hydrogen-bond acceptors (Lipinski definition) is 2. The average molecular weight is 305 g/mol. The van der Waals surface area contributed by atoms with E-state index in [4.69, 9.17) is 16.0 Å². The molecule has 5 heteroatoms. The van der Waals surface area contributed by atoms with Gasteiger partial charge in [0.25, 0.3) is 0 Å². The van der Waals surface area contributed by atoms with E-state index in [9.17, 15) is 4.39 Å². The summed E-state index contributed by atoms with van der Waals surface area (Å²) < 4.78 is 18.6. The van der Waals surface area contributed by atoms with Crippen molar-refractivity contribution >= 4 is 33.2 Å². The van der Waals surface area contributed by atoms with Crippen LogP contribution in [-0.2, 0) is 6.54 Å². The van der Waals surface area contributed by atoms with Crippen molar-refractivity contribution in [3.05, 3.63) is 51.6 Å². The minimum atomic E-state index is -0.286. The summed E-state index contributed by atoms with van der Waals surface area (Å²) in [5.74, 6) is 0.442. The minimum Gasteiger partial charge on any atom is -0.448 e. The number of rotatable bonds is 3. The second kappa shape index (κ2) is 4.89. The van der Waals surface area contributed by atoms with Crippen molar-refractivity contribution in [3.8, 4) is 0 Å². The van der Waals surface area contributed by atoms with Crippen LogP contribution < -0.4 is 5.32 Å². The smallest absolute Gasteiger partial charge is 0.193 e. The number of furan rings is 1. The molecule has 0 aliphatic rings. The van der Waals surface area contributed by atoms with Crippen LogP contribution in [0, 0.1) is 5.82 Å². The summed E-state index contributed by atoms with van der Waals surface area (Å²) in [5.41, 5.74) is 0.806.